The molecule has 3 aromatic heterocycles. The highest BCUT2D eigenvalue weighted by Gasteiger charge is 2.22. The number of hydrogen-bond donors (Lipinski definition) is 2. The standard InChI is InChI=1S/C20H16N6S/c21-20-23-13-6-5-10(9-16(13)27-20)18-12-4-2-1-3-11(12)17-14(22-18)7-8-15-19(17)25-26-24-15/h5-9H,1-4H2,(H2,21,23)(H,24,25,26). The molecule has 0 spiro atoms. The molecule has 1 aliphatic rings. The fraction of sp³-hybridized carbons (Fsp3) is 0.200. The maximum absolute atomic E-state index is 5.88. The zero-order valence-corrected chi connectivity index (χ0v) is 15.3. The Bertz CT molecular complexity index is 1350. The number of anilines is 1. The molecule has 0 radical (unpaired) electrons. The van der Waals surface area contributed by atoms with Crippen LogP contribution in [-0.2, 0) is 12.8 Å². The lowest BCUT2D eigenvalue weighted by atomic mass is 9.86. The number of aryl methyl sites for hydroxylation is 1. The normalized spacial score (nSPS) is 14.2. The Morgan fingerprint density at radius 3 is 2.74 bits per heavy atom. The third-order valence-corrected chi connectivity index (χ3v) is 6.29. The first-order chi connectivity index (χ1) is 13.3. The molecular formula is C20H16N6S. The van der Waals surface area contributed by atoms with E-state index in [4.69, 9.17) is 10.7 Å². The molecule has 6 rings (SSSR count). The van der Waals surface area contributed by atoms with Crippen molar-refractivity contribution in [3.05, 3.63) is 41.5 Å². The highest BCUT2D eigenvalue weighted by Crippen LogP contribution is 2.38. The van der Waals surface area contributed by atoms with Gasteiger partial charge in [0, 0.05) is 10.9 Å². The topological polar surface area (TPSA) is 93.4 Å². The monoisotopic (exact) mass is 372 g/mol. The SMILES string of the molecule is Nc1nc2ccc(-c3nc4ccc5[nH]nnc5c4c4c3CCCC4)cc2s1. The summed E-state index contributed by atoms with van der Waals surface area (Å²) >= 11 is 1.52. The number of fused-ring (bicyclic) bond motifs is 6. The minimum absolute atomic E-state index is 0.601. The molecule has 3 heterocycles. The van der Waals surface area contributed by atoms with Gasteiger partial charge >= 0.3 is 0 Å². The van der Waals surface area contributed by atoms with Crippen molar-refractivity contribution in [3.8, 4) is 11.3 Å². The molecule has 27 heavy (non-hydrogen) atoms. The summed E-state index contributed by atoms with van der Waals surface area (Å²) in [4.78, 5) is 9.44. The summed E-state index contributed by atoms with van der Waals surface area (Å²) in [5.41, 5.74) is 14.6. The molecule has 1 aliphatic carbocycles. The van der Waals surface area contributed by atoms with E-state index < -0.39 is 0 Å². The van der Waals surface area contributed by atoms with Crippen LogP contribution in [0.15, 0.2) is 30.3 Å². The quantitative estimate of drug-likeness (QED) is 0.459. The summed E-state index contributed by atoms with van der Waals surface area (Å²) in [5.74, 6) is 0. The summed E-state index contributed by atoms with van der Waals surface area (Å²) < 4.78 is 1.10. The molecule has 6 nitrogen and oxygen atoms in total. The van der Waals surface area contributed by atoms with Gasteiger partial charge in [-0.1, -0.05) is 22.6 Å². The van der Waals surface area contributed by atoms with Gasteiger partial charge < -0.3 is 5.73 Å². The molecule has 0 aliphatic heterocycles. The largest absolute Gasteiger partial charge is 0.375 e. The van der Waals surface area contributed by atoms with Gasteiger partial charge in [0.05, 0.1) is 26.9 Å². The number of pyridine rings is 1. The zero-order chi connectivity index (χ0) is 18.0. The van der Waals surface area contributed by atoms with Crippen molar-refractivity contribution in [2.24, 2.45) is 0 Å². The minimum atomic E-state index is 0.601. The molecule has 3 N–H and O–H groups in total. The Morgan fingerprint density at radius 1 is 0.963 bits per heavy atom. The molecule has 2 aromatic carbocycles. The van der Waals surface area contributed by atoms with Crippen LogP contribution < -0.4 is 5.73 Å². The van der Waals surface area contributed by atoms with Crippen LogP contribution in [0.25, 0.3) is 43.4 Å². The van der Waals surface area contributed by atoms with Crippen LogP contribution in [0.1, 0.15) is 24.0 Å². The fourth-order valence-corrected chi connectivity index (χ4v) is 5.03. The molecule has 132 valence electrons. The number of thiazole rings is 1. The van der Waals surface area contributed by atoms with E-state index in [0.717, 1.165) is 56.3 Å². The van der Waals surface area contributed by atoms with E-state index in [2.05, 4.69) is 38.6 Å². The van der Waals surface area contributed by atoms with Gasteiger partial charge in [-0.3, -0.25) is 5.10 Å². The first kappa shape index (κ1) is 15.0. The number of nitrogen functional groups attached to an aromatic ring is 1. The smallest absolute Gasteiger partial charge is 0.181 e. The third-order valence-electron chi connectivity index (χ3n) is 5.44. The van der Waals surface area contributed by atoms with Crippen LogP contribution in [0.4, 0.5) is 5.13 Å². The molecule has 0 atom stereocenters. The van der Waals surface area contributed by atoms with Gasteiger partial charge in [0.25, 0.3) is 0 Å². The third kappa shape index (κ3) is 2.18. The number of nitrogens with one attached hydrogen (secondary N) is 1. The van der Waals surface area contributed by atoms with E-state index >= 15 is 0 Å². The number of nitrogens with zero attached hydrogens (tertiary/aromatic N) is 4. The van der Waals surface area contributed by atoms with Crippen molar-refractivity contribution in [1.29, 1.82) is 0 Å². The molecule has 7 heteroatoms. The van der Waals surface area contributed by atoms with Crippen LogP contribution >= 0.6 is 11.3 Å². The molecule has 5 aromatic rings. The van der Waals surface area contributed by atoms with Crippen molar-refractivity contribution in [1.82, 2.24) is 25.4 Å². The number of H-pyrrole nitrogens is 1. The molecule has 0 amide bonds. The highest BCUT2D eigenvalue weighted by molar-refractivity contribution is 7.22. The van der Waals surface area contributed by atoms with Gasteiger partial charge in [-0.05, 0) is 61.1 Å². The Balaban J connectivity index is 1.69. The lowest BCUT2D eigenvalue weighted by molar-refractivity contribution is 0.689. The van der Waals surface area contributed by atoms with Crippen molar-refractivity contribution < 1.29 is 0 Å². The van der Waals surface area contributed by atoms with Crippen LogP contribution in [0, 0.1) is 0 Å². The molecule has 0 fully saturated rings. The van der Waals surface area contributed by atoms with E-state index in [1.165, 1.54) is 35.3 Å². The predicted octanol–water partition coefficient (Wildman–Crippen LogP) is 4.24. The number of benzene rings is 2. The van der Waals surface area contributed by atoms with Crippen molar-refractivity contribution in [2.45, 2.75) is 25.7 Å². The van der Waals surface area contributed by atoms with E-state index in [1.54, 1.807) is 0 Å². The van der Waals surface area contributed by atoms with Gasteiger partial charge in [-0.2, -0.15) is 0 Å². The highest BCUT2D eigenvalue weighted by atomic mass is 32.1. The Morgan fingerprint density at radius 2 is 1.81 bits per heavy atom. The molecule has 0 bridgehead atoms. The van der Waals surface area contributed by atoms with Crippen LogP contribution in [0.2, 0.25) is 0 Å². The second-order valence-corrected chi connectivity index (χ2v) is 8.09. The summed E-state index contributed by atoms with van der Waals surface area (Å²) in [6, 6.07) is 10.4. The Kier molecular flexibility index (Phi) is 3.05. The van der Waals surface area contributed by atoms with Crippen LogP contribution in [0.3, 0.4) is 0 Å². The average molecular weight is 372 g/mol. The summed E-state index contributed by atoms with van der Waals surface area (Å²) in [6.07, 6.45) is 4.50. The van der Waals surface area contributed by atoms with E-state index in [-0.39, 0.29) is 0 Å². The van der Waals surface area contributed by atoms with Crippen molar-refractivity contribution >= 4 is 48.6 Å². The van der Waals surface area contributed by atoms with Gasteiger partial charge in [0.1, 0.15) is 5.52 Å². The van der Waals surface area contributed by atoms with Gasteiger partial charge in [0.15, 0.2) is 5.13 Å². The number of aromatic amines is 1. The summed E-state index contributed by atoms with van der Waals surface area (Å²) in [5, 5.41) is 13.1. The summed E-state index contributed by atoms with van der Waals surface area (Å²) in [7, 11) is 0. The zero-order valence-electron chi connectivity index (χ0n) is 14.5. The van der Waals surface area contributed by atoms with Gasteiger partial charge in [0.2, 0.25) is 0 Å². The van der Waals surface area contributed by atoms with Gasteiger partial charge in [-0.25, -0.2) is 9.97 Å². The van der Waals surface area contributed by atoms with Crippen molar-refractivity contribution in [3.63, 3.8) is 0 Å². The van der Waals surface area contributed by atoms with E-state index in [0.29, 0.717) is 5.13 Å². The Labute approximate surface area is 158 Å². The van der Waals surface area contributed by atoms with Crippen LogP contribution in [0.5, 0.6) is 0 Å². The van der Waals surface area contributed by atoms with E-state index in [1.807, 2.05) is 12.1 Å². The first-order valence-corrected chi connectivity index (χ1v) is 9.91. The number of nitrogens with two attached hydrogens (primary N) is 1. The lowest BCUT2D eigenvalue weighted by Crippen LogP contribution is -2.08. The maximum Gasteiger partial charge on any atom is 0.181 e. The lowest BCUT2D eigenvalue weighted by Gasteiger charge is -2.21. The fourth-order valence-electron chi connectivity index (χ4n) is 4.25. The predicted molar refractivity (Wildman–Crippen MR) is 109 cm³/mol. The minimum Gasteiger partial charge on any atom is -0.375 e. The molecule has 0 unspecified atom stereocenters. The number of aromatic nitrogens is 5. The van der Waals surface area contributed by atoms with Crippen LogP contribution in [-0.4, -0.2) is 25.4 Å². The second kappa shape index (κ2) is 5.47. The van der Waals surface area contributed by atoms with E-state index in [9.17, 15) is 0 Å². The molecular weight excluding hydrogens is 356 g/mol. The maximum atomic E-state index is 5.88. The molecule has 0 saturated heterocycles. The van der Waals surface area contributed by atoms with Crippen molar-refractivity contribution in [2.75, 3.05) is 5.73 Å². The Hall–Kier alpha value is -3.06. The number of rotatable bonds is 1. The van der Waals surface area contributed by atoms with Gasteiger partial charge in [-0.15, -0.1) is 5.10 Å². The molecule has 0 saturated carbocycles. The first-order valence-electron chi connectivity index (χ1n) is 9.09. The number of hydrogen-bond acceptors (Lipinski definition) is 6. The summed E-state index contributed by atoms with van der Waals surface area (Å²) in [6.45, 7) is 0. The average Bonchev–Trinajstić information content (AvgIpc) is 3.31. The second-order valence-electron chi connectivity index (χ2n) is 7.03.